The standard InChI is InChI=1S/C22H24N2O4S/c1-16-19-14-18(29(26,27)24-12-6-3-7-13-24)10-11-20(19)28-21(16)22(25)23-15-17-8-4-2-5-9-17/h2,4-5,8-11,14H,3,6-7,12-13,15H2,1H3,(H,23,25). The Kier molecular flexibility index (Phi) is 5.43. The average molecular weight is 413 g/mol. The zero-order valence-electron chi connectivity index (χ0n) is 16.3. The second kappa shape index (κ2) is 8.00. The molecule has 1 aromatic heterocycles. The first-order valence-electron chi connectivity index (χ1n) is 9.82. The summed E-state index contributed by atoms with van der Waals surface area (Å²) in [5, 5.41) is 3.50. The molecule has 1 N–H and O–H groups in total. The van der Waals surface area contributed by atoms with Gasteiger partial charge in [-0.3, -0.25) is 4.79 Å². The van der Waals surface area contributed by atoms with Crippen molar-refractivity contribution in [3.05, 3.63) is 65.4 Å². The minimum atomic E-state index is -3.54. The van der Waals surface area contributed by atoms with Gasteiger partial charge in [0.25, 0.3) is 5.91 Å². The van der Waals surface area contributed by atoms with Crippen LogP contribution in [0.15, 0.2) is 57.8 Å². The summed E-state index contributed by atoms with van der Waals surface area (Å²) in [5.41, 5.74) is 2.13. The summed E-state index contributed by atoms with van der Waals surface area (Å²) in [6, 6.07) is 14.4. The molecule has 0 spiro atoms. The van der Waals surface area contributed by atoms with Gasteiger partial charge in [-0.1, -0.05) is 36.8 Å². The van der Waals surface area contributed by atoms with E-state index >= 15 is 0 Å². The molecular formula is C22H24N2O4S. The predicted molar refractivity (Wildman–Crippen MR) is 111 cm³/mol. The maximum absolute atomic E-state index is 13.0. The zero-order valence-corrected chi connectivity index (χ0v) is 17.2. The van der Waals surface area contributed by atoms with E-state index in [1.807, 2.05) is 30.3 Å². The molecule has 0 bridgehead atoms. The Balaban J connectivity index is 1.59. The van der Waals surface area contributed by atoms with Crippen molar-refractivity contribution < 1.29 is 17.6 Å². The summed E-state index contributed by atoms with van der Waals surface area (Å²) in [5.74, 6) is -0.105. The van der Waals surface area contributed by atoms with Crippen molar-refractivity contribution in [1.29, 1.82) is 0 Å². The third-order valence-electron chi connectivity index (χ3n) is 5.36. The van der Waals surface area contributed by atoms with Gasteiger partial charge in [0.2, 0.25) is 10.0 Å². The van der Waals surface area contributed by atoms with Crippen molar-refractivity contribution in [1.82, 2.24) is 9.62 Å². The maximum atomic E-state index is 13.0. The molecule has 0 unspecified atom stereocenters. The first-order valence-corrected chi connectivity index (χ1v) is 11.3. The smallest absolute Gasteiger partial charge is 0.287 e. The summed E-state index contributed by atoms with van der Waals surface area (Å²) in [6.45, 7) is 3.28. The van der Waals surface area contributed by atoms with Gasteiger partial charge < -0.3 is 9.73 Å². The number of sulfonamides is 1. The van der Waals surface area contributed by atoms with E-state index in [1.54, 1.807) is 29.4 Å². The topological polar surface area (TPSA) is 79.6 Å². The Morgan fingerprint density at radius 2 is 1.79 bits per heavy atom. The zero-order chi connectivity index (χ0) is 20.4. The molecule has 3 aromatic rings. The lowest BCUT2D eigenvalue weighted by Crippen LogP contribution is -2.35. The Labute approximate surface area is 170 Å². The predicted octanol–water partition coefficient (Wildman–Crippen LogP) is 3.85. The number of fused-ring (bicyclic) bond motifs is 1. The third kappa shape index (κ3) is 3.93. The Morgan fingerprint density at radius 3 is 2.52 bits per heavy atom. The number of hydrogen-bond donors (Lipinski definition) is 1. The third-order valence-corrected chi connectivity index (χ3v) is 7.26. The summed E-state index contributed by atoms with van der Waals surface area (Å²) >= 11 is 0. The maximum Gasteiger partial charge on any atom is 0.287 e. The molecule has 1 amide bonds. The van der Waals surface area contributed by atoms with Crippen LogP contribution in [-0.4, -0.2) is 31.7 Å². The highest BCUT2D eigenvalue weighted by Gasteiger charge is 2.27. The first-order chi connectivity index (χ1) is 14.0. The SMILES string of the molecule is Cc1c(C(=O)NCc2ccccc2)oc2ccc(S(=O)(=O)N3CCCCC3)cc12. The van der Waals surface area contributed by atoms with E-state index in [0.29, 0.717) is 36.2 Å². The van der Waals surface area contributed by atoms with Crippen LogP contribution in [0.3, 0.4) is 0 Å². The number of nitrogens with one attached hydrogen (secondary N) is 1. The van der Waals surface area contributed by atoms with E-state index in [-0.39, 0.29) is 16.6 Å². The van der Waals surface area contributed by atoms with Crippen molar-refractivity contribution in [2.45, 2.75) is 37.6 Å². The molecule has 0 saturated carbocycles. The van der Waals surface area contributed by atoms with Crippen molar-refractivity contribution in [2.75, 3.05) is 13.1 Å². The van der Waals surface area contributed by atoms with E-state index in [2.05, 4.69) is 5.32 Å². The molecule has 6 nitrogen and oxygen atoms in total. The van der Waals surface area contributed by atoms with Gasteiger partial charge in [-0.2, -0.15) is 4.31 Å². The van der Waals surface area contributed by atoms with Crippen molar-refractivity contribution in [2.24, 2.45) is 0 Å². The van der Waals surface area contributed by atoms with Crippen LogP contribution in [-0.2, 0) is 16.6 Å². The second-order valence-electron chi connectivity index (χ2n) is 7.35. The molecule has 0 atom stereocenters. The number of carbonyl (C=O) groups excluding carboxylic acids is 1. The summed E-state index contributed by atoms with van der Waals surface area (Å²) in [6.07, 6.45) is 2.84. The minimum Gasteiger partial charge on any atom is -0.451 e. The Morgan fingerprint density at radius 1 is 1.07 bits per heavy atom. The average Bonchev–Trinajstić information content (AvgIpc) is 3.09. The molecule has 2 aromatic carbocycles. The van der Waals surface area contributed by atoms with E-state index in [4.69, 9.17) is 4.42 Å². The quantitative estimate of drug-likeness (QED) is 0.690. The molecule has 1 aliphatic rings. The molecule has 1 aliphatic heterocycles. The summed E-state index contributed by atoms with van der Waals surface area (Å²) in [7, 11) is -3.54. The van der Waals surface area contributed by atoms with E-state index in [0.717, 1.165) is 24.8 Å². The summed E-state index contributed by atoms with van der Waals surface area (Å²) in [4.78, 5) is 12.8. The van der Waals surface area contributed by atoms with E-state index in [1.165, 1.54) is 0 Å². The van der Waals surface area contributed by atoms with Crippen LogP contribution in [0, 0.1) is 6.92 Å². The number of benzene rings is 2. The number of nitrogens with zero attached hydrogens (tertiary/aromatic N) is 1. The van der Waals surface area contributed by atoms with Crippen molar-refractivity contribution in [3.8, 4) is 0 Å². The molecular weight excluding hydrogens is 388 g/mol. The fourth-order valence-corrected chi connectivity index (χ4v) is 5.23. The molecule has 2 heterocycles. The lowest BCUT2D eigenvalue weighted by molar-refractivity contribution is 0.0924. The van der Waals surface area contributed by atoms with Gasteiger partial charge in [0.15, 0.2) is 5.76 Å². The lowest BCUT2D eigenvalue weighted by atomic mass is 10.1. The van der Waals surface area contributed by atoms with Crippen LogP contribution < -0.4 is 5.32 Å². The molecule has 152 valence electrons. The first kappa shape index (κ1) is 19.7. The van der Waals surface area contributed by atoms with Crippen LogP contribution in [0.4, 0.5) is 0 Å². The highest BCUT2D eigenvalue weighted by atomic mass is 32.2. The van der Waals surface area contributed by atoms with Crippen LogP contribution in [0.1, 0.15) is 40.9 Å². The molecule has 4 rings (SSSR count). The fraction of sp³-hybridized carbons (Fsp3) is 0.318. The number of hydrogen-bond acceptors (Lipinski definition) is 4. The van der Waals surface area contributed by atoms with Crippen LogP contribution >= 0.6 is 0 Å². The minimum absolute atomic E-state index is 0.212. The van der Waals surface area contributed by atoms with Crippen LogP contribution in [0.25, 0.3) is 11.0 Å². The largest absolute Gasteiger partial charge is 0.451 e. The van der Waals surface area contributed by atoms with E-state index < -0.39 is 10.0 Å². The normalized spacial score (nSPS) is 15.5. The monoisotopic (exact) mass is 412 g/mol. The summed E-state index contributed by atoms with van der Waals surface area (Å²) < 4.78 is 33.2. The second-order valence-corrected chi connectivity index (χ2v) is 9.29. The van der Waals surface area contributed by atoms with Gasteiger partial charge >= 0.3 is 0 Å². The van der Waals surface area contributed by atoms with Gasteiger partial charge in [0.1, 0.15) is 5.58 Å². The molecule has 1 fully saturated rings. The van der Waals surface area contributed by atoms with Gasteiger partial charge in [-0.25, -0.2) is 8.42 Å². The van der Waals surface area contributed by atoms with Crippen LogP contribution in [0.5, 0.6) is 0 Å². The highest BCUT2D eigenvalue weighted by molar-refractivity contribution is 7.89. The fourth-order valence-electron chi connectivity index (χ4n) is 3.69. The van der Waals surface area contributed by atoms with Gasteiger partial charge in [-0.05, 0) is 43.5 Å². The Bertz CT molecular complexity index is 1130. The number of furan rings is 1. The van der Waals surface area contributed by atoms with Crippen molar-refractivity contribution in [3.63, 3.8) is 0 Å². The molecule has 0 aliphatic carbocycles. The van der Waals surface area contributed by atoms with Gasteiger partial charge in [0, 0.05) is 30.6 Å². The van der Waals surface area contributed by atoms with E-state index in [9.17, 15) is 13.2 Å². The van der Waals surface area contributed by atoms with Crippen LogP contribution in [0.2, 0.25) is 0 Å². The molecule has 7 heteroatoms. The lowest BCUT2D eigenvalue weighted by Gasteiger charge is -2.25. The molecule has 29 heavy (non-hydrogen) atoms. The van der Waals surface area contributed by atoms with Gasteiger partial charge in [-0.15, -0.1) is 0 Å². The molecule has 0 radical (unpaired) electrons. The number of aryl methyl sites for hydroxylation is 1. The van der Waals surface area contributed by atoms with Gasteiger partial charge in [0.05, 0.1) is 4.90 Å². The number of carbonyl (C=O) groups is 1. The Hall–Kier alpha value is -2.64. The number of piperidine rings is 1. The highest BCUT2D eigenvalue weighted by Crippen LogP contribution is 2.29. The van der Waals surface area contributed by atoms with Crippen molar-refractivity contribution >= 4 is 26.9 Å². The molecule has 1 saturated heterocycles. The number of amides is 1. The number of rotatable bonds is 5.